The van der Waals surface area contributed by atoms with Crippen molar-refractivity contribution in [3.05, 3.63) is 48.0 Å². The largest absolute Gasteiger partial charge is 0.373 e. The van der Waals surface area contributed by atoms with E-state index >= 15 is 0 Å². The van der Waals surface area contributed by atoms with Crippen molar-refractivity contribution in [2.24, 2.45) is 0 Å². The van der Waals surface area contributed by atoms with Crippen molar-refractivity contribution in [3.8, 4) is 0 Å². The number of halogens is 1. The first-order valence-electron chi connectivity index (χ1n) is 8.94. The monoisotopic (exact) mass is 392 g/mol. The SMILES string of the molecule is CCc1ccc(S(=O)(=O)N2C[C@@H]3OCCN(c4ncc(F)cn4)[C@H]3C2)cc1. The number of sulfonamides is 1. The first-order chi connectivity index (χ1) is 13.0. The Labute approximate surface area is 157 Å². The molecule has 2 aliphatic heterocycles. The van der Waals surface area contributed by atoms with Crippen molar-refractivity contribution in [1.29, 1.82) is 0 Å². The van der Waals surface area contributed by atoms with Gasteiger partial charge < -0.3 is 9.64 Å². The maximum Gasteiger partial charge on any atom is 0.243 e. The summed E-state index contributed by atoms with van der Waals surface area (Å²) in [6.45, 7) is 3.56. The molecule has 0 radical (unpaired) electrons. The molecule has 4 rings (SSSR count). The van der Waals surface area contributed by atoms with E-state index in [0.29, 0.717) is 19.1 Å². The highest BCUT2D eigenvalue weighted by Gasteiger charge is 2.45. The van der Waals surface area contributed by atoms with E-state index in [1.54, 1.807) is 12.1 Å². The highest BCUT2D eigenvalue weighted by molar-refractivity contribution is 7.89. The molecule has 1 aromatic carbocycles. The van der Waals surface area contributed by atoms with Gasteiger partial charge in [-0.25, -0.2) is 22.8 Å². The van der Waals surface area contributed by atoms with E-state index < -0.39 is 15.8 Å². The van der Waals surface area contributed by atoms with Crippen LogP contribution in [0.3, 0.4) is 0 Å². The first kappa shape index (κ1) is 18.3. The number of anilines is 1. The fraction of sp³-hybridized carbons (Fsp3) is 0.444. The van der Waals surface area contributed by atoms with Crippen LogP contribution in [0.15, 0.2) is 41.6 Å². The summed E-state index contributed by atoms with van der Waals surface area (Å²) in [4.78, 5) is 10.3. The van der Waals surface area contributed by atoms with Gasteiger partial charge in [0.05, 0.1) is 36.0 Å². The summed E-state index contributed by atoms with van der Waals surface area (Å²) in [5, 5.41) is 0. The molecule has 2 fully saturated rings. The highest BCUT2D eigenvalue weighted by Crippen LogP contribution is 2.29. The van der Waals surface area contributed by atoms with Gasteiger partial charge >= 0.3 is 0 Å². The zero-order chi connectivity index (χ0) is 19.0. The molecule has 0 spiro atoms. The third-order valence-corrected chi connectivity index (χ3v) is 6.95. The molecule has 0 amide bonds. The standard InChI is InChI=1S/C18H21FN4O3S/c1-2-13-3-5-15(6-4-13)27(24,25)22-11-16-17(12-22)26-8-7-23(16)18-20-9-14(19)10-21-18/h3-6,9-10,16-17H,2,7-8,11-12H2,1H3/t16-,17-/m0/s1. The maximum atomic E-state index is 13.1. The Morgan fingerprint density at radius 3 is 2.56 bits per heavy atom. The van der Waals surface area contributed by atoms with E-state index in [2.05, 4.69) is 9.97 Å². The lowest BCUT2D eigenvalue weighted by Crippen LogP contribution is -2.51. The third-order valence-electron chi connectivity index (χ3n) is 5.10. The normalized spacial score (nSPS) is 23.4. The molecule has 0 bridgehead atoms. The van der Waals surface area contributed by atoms with Crippen molar-refractivity contribution in [2.45, 2.75) is 30.4 Å². The van der Waals surface area contributed by atoms with Crippen LogP contribution >= 0.6 is 0 Å². The summed E-state index contributed by atoms with van der Waals surface area (Å²) < 4.78 is 46.4. The number of benzene rings is 1. The molecule has 2 saturated heterocycles. The summed E-state index contributed by atoms with van der Waals surface area (Å²) in [5.74, 6) is -0.115. The van der Waals surface area contributed by atoms with Crippen LogP contribution in [-0.4, -0.2) is 61.1 Å². The Bertz CT molecular complexity index is 905. The van der Waals surface area contributed by atoms with Gasteiger partial charge in [0.2, 0.25) is 16.0 Å². The lowest BCUT2D eigenvalue weighted by molar-refractivity contribution is 0.0325. The van der Waals surface area contributed by atoms with Crippen molar-refractivity contribution in [1.82, 2.24) is 14.3 Å². The van der Waals surface area contributed by atoms with E-state index in [0.717, 1.165) is 24.4 Å². The number of rotatable bonds is 4. The van der Waals surface area contributed by atoms with E-state index in [9.17, 15) is 12.8 Å². The number of aromatic nitrogens is 2. The molecule has 9 heteroatoms. The summed E-state index contributed by atoms with van der Waals surface area (Å²) in [6.07, 6.45) is 2.82. The van der Waals surface area contributed by atoms with E-state index in [-0.39, 0.29) is 30.1 Å². The predicted octanol–water partition coefficient (Wildman–Crippen LogP) is 1.46. The Morgan fingerprint density at radius 1 is 1.19 bits per heavy atom. The molecule has 0 saturated carbocycles. The molecular formula is C18H21FN4O3S. The molecule has 3 heterocycles. The third kappa shape index (κ3) is 3.42. The average molecular weight is 392 g/mol. The molecule has 27 heavy (non-hydrogen) atoms. The molecule has 2 aromatic rings. The van der Waals surface area contributed by atoms with Crippen LogP contribution in [0.5, 0.6) is 0 Å². The first-order valence-corrected chi connectivity index (χ1v) is 10.4. The van der Waals surface area contributed by atoms with Gasteiger partial charge in [0, 0.05) is 19.6 Å². The van der Waals surface area contributed by atoms with Gasteiger partial charge in [-0.2, -0.15) is 4.31 Å². The Kier molecular flexibility index (Phi) is 4.83. The zero-order valence-corrected chi connectivity index (χ0v) is 15.8. The average Bonchev–Trinajstić information content (AvgIpc) is 3.14. The van der Waals surface area contributed by atoms with Gasteiger partial charge in [-0.3, -0.25) is 0 Å². The van der Waals surface area contributed by atoms with E-state index in [4.69, 9.17) is 4.74 Å². The number of fused-ring (bicyclic) bond motifs is 1. The summed E-state index contributed by atoms with van der Waals surface area (Å²) in [7, 11) is -3.61. The minimum atomic E-state index is -3.61. The zero-order valence-electron chi connectivity index (χ0n) is 15.0. The van der Waals surface area contributed by atoms with Crippen LogP contribution in [0.25, 0.3) is 0 Å². The van der Waals surface area contributed by atoms with Gasteiger partial charge in [0.15, 0.2) is 5.82 Å². The predicted molar refractivity (Wildman–Crippen MR) is 97.4 cm³/mol. The molecule has 2 aliphatic rings. The second kappa shape index (κ2) is 7.14. The number of ether oxygens (including phenoxy) is 1. The van der Waals surface area contributed by atoms with Gasteiger partial charge in [-0.1, -0.05) is 19.1 Å². The molecule has 0 aliphatic carbocycles. The highest BCUT2D eigenvalue weighted by atomic mass is 32.2. The van der Waals surface area contributed by atoms with Crippen molar-refractivity contribution in [2.75, 3.05) is 31.1 Å². The summed E-state index contributed by atoms with van der Waals surface area (Å²) >= 11 is 0. The molecule has 2 atom stereocenters. The van der Waals surface area contributed by atoms with Crippen molar-refractivity contribution >= 4 is 16.0 Å². The lowest BCUT2D eigenvalue weighted by atomic mass is 10.1. The van der Waals surface area contributed by atoms with Crippen LogP contribution in [0, 0.1) is 5.82 Å². The number of nitrogens with zero attached hydrogens (tertiary/aromatic N) is 4. The van der Waals surface area contributed by atoms with Gasteiger partial charge in [0.1, 0.15) is 0 Å². The van der Waals surface area contributed by atoms with Gasteiger partial charge in [-0.15, -0.1) is 0 Å². The Morgan fingerprint density at radius 2 is 1.89 bits per heavy atom. The smallest absolute Gasteiger partial charge is 0.243 e. The molecule has 0 N–H and O–H groups in total. The van der Waals surface area contributed by atoms with Crippen LogP contribution in [-0.2, 0) is 21.2 Å². The van der Waals surface area contributed by atoms with Crippen molar-refractivity contribution in [3.63, 3.8) is 0 Å². The maximum absolute atomic E-state index is 13.1. The molecule has 1 aromatic heterocycles. The summed E-state index contributed by atoms with van der Waals surface area (Å²) in [5.41, 5.74) is 1.09. The minimum absolute atomic E-state index is 0.200. The second-order valence-electron chi connectivity index (χ2n) is 6.69. The minimum Gasteiger partial charge on any atom is -0.373 e. The van der Waals surface area contributed by atoms with Gasteiger partial charge in [-0.05, 0) is 24.1 Å². The van der Waals surface area contributed by atoms with Crippen LogP contribution < -0.4 is 4.90 Å². The van der Waals surface area contributed by atoms with E-state index in [1.165, 1.54) is 4.31 Å². The van der Waals surface area contributed by atoms with Gasteiger partial charge in [0.25, 0.3) is 0 Å². The van der Waals surface area contributed by atoms with E-state index in [1.807, 2.05) is 24.0 Å². The Balaban J connectivity index is 1.57. The number of hydrogen-bond acceptors (Lipinski definition) is 6. The quantitative estimate of drug-likeness (QED) is 0.784. The second-order valence-corrected chi connectivity index (χ2v) is 8.63. The molecule has 0 unspecified atom stereocenters. The number of morpholine rings is 1. The fourth-order valence-corrected chi connectivity index (χ4v) is 5.07. The molecule has 144 valence electrons. The van der Waals surface area contributed by atoms with Crippen LogP contribution in [0.4, 0.5) is 10.3 Å². The topological polar surface area (TPSA) is 75.6 Å². The number of aryl methyl sites for hydroxylation is 1. The molecular weight excluding hydrogens is 371 g/mol. The fourth-order valence-electron chi connectivity index (χ4n) is 3.60. The van der Waals surface area contributed by atoms with Crippen LogP contribution in [0.1, 0.15) is 12.5 Å². The lowest BCUT2D eigenvalue weighted by Gasteiger charge is -2.36. The van der Waals surface area contributed by atoms with Crippen molar-refractivity contribution < 1.29 is 17.5 Å². The number of hydrogen-bond donors (Lipinski definition) is 0. The Hall–Kier alpha value is -2.10. The van der Waals surface area contributed by atoms with Crippen LogP contribution in [0.2, 0.25) is 0 Å². The molecule has 7 nitrogen and oxygen atoms in total. The summed E-state index contributed by atoms with van der Waals surface area (Å²) in [6, 6.07) is 6.78.